The molecule has 0 unspecified atom stereocenters. The van der Waals surface area contributed by atoms with E-state index in [-0.39, 0.29) is 0 Å². The summed E-state index contributed by atoms with van der Waals surface area (Å²) in [6.07, 6.45) is 0. The Labute approximate surface area is 326 Å². The third-order valence-electron chi connectivity index (χ3n) is 5.75. The van der Waals surface area contributed by atoms with Gasteiger partial charge in [-0.25, -0.2) is 0 Å². The van der Waals surface area contributed by atoms with Crippen molar-refractivity contribution in [1.29, 1.82) is 0 Å². The quantitative estimate of drug-likeness (QED) is 0.214. The summed E-state index contributed by atoms with van der Waals surface area (Å²) < 4.78 is 77.5. The minimum atomic E-state index is 1.02. The summed E-state index contributed by atoms with van der Waals surface area (Å²) in [6, 6.07) is 17.3. The van der Waals surface area contributed by atoms with Crippen LogP contribution in [0.15, 0.2) is 48.5 Å². The Hall–Kier alpha value is -2.69. The molecule has 0 spiro atoms. The van der Waals surface area contributed by atoms with Crippen molar-refractivity contribution < 1.29 is 85.2 Å². The molecule has 1 fully saturated rings. The van der Waals surface area contributed by atoms with Crippen LogP contribution in [0.3, 0.4) is 0 Å². The molecule has 0 atom stereocenters. The van der Waals surface area contributed by atoms with Gasteiger partial charge in [-0.15, -0.1) is 0 Å². The molecule has 0 bridgehead atoms. The van der Waals surface area contributed by atoms with Crippen LogP contribution in [-0.4, -0.2) is 8.04 Å². The summed E-state index contributed by atoms with van der Waals surface area (Å²) in [5, 5.41) is 6.88. The standard InChI is InChI=1S/C16H16N2P.C10H15.10CO.2W/c1-13-3-7-15(8-4-13)11-17-19-18-12-16-9-5-14(2)6-10-16;1-6-7(2)9(4)10(5)8(6)3;10*1-2;;/h3-10,17-18H,1-2H3;1-5H3;;;;;;;;;;;;. The maximum absolute atomic E-state index is 7.50. The van der Waals surface area contributed by atoms with Gasteiger partial charge in [-0.05, 0) is 29.6 Å². The Morgan fingerprint density at radius 3 is 0.686 bits per heavy atom. The van der Waals surface area contributed by atoms with E-state index in [9.17, 15) is 0 Å². The normalized spacial score (nSPS) is 10.3. The molecule has 0 heterocycles. The first kappa shape index (κ1) is 70.0. The third-order valence-corrected chi connectivity index (χ3v) is 10.0. The van der Waals surface area contributed by atoms with Gasteiger partial charge in [0.2, 0.25) is 0 Å². The van der Waals surface area contributed by atoms with E-state index in [2.05, 4.69) is 174 Å². The predicted octanol–water partition coefficient (Wildman–Crippen LogP) is 5.61. The zero-order chi connectivity index (χ0) is 43.1. The fourth-order valence-electron chi connectivity index (χ4n) is 3.07. The van der Waals surface area contributed by atoms with Crippen molar-refractivity contribution in [2.24, 2.45) is 0 Å². The molecule has 12 nitrogen and oxygen atoms in total. The zero-order valence-electron chi connectivity index (χ0n) is 28.5. The van der Waals surface area contributed by atoms with Crippen LogP contribution in [0, 0.1) is 110 Å². The molecule has 51 heavy (non-hydrogen) atoms. The Kier molecular flexibility index (Phi) is 81.6. The summed E-state index contributed by atoms with van der Waals surface area (Å²) in [6.45, 7) is 60.2. The van der Waals surface area contributed by atoms with Crippen molar-refractivity contribution in [2.45, 2.75) is 48.5 Å². The van der Waals surface area contributed by atoms with Gasteiger partial charge in [0.25, 0.3) is 0 Å². The first-order valence-corrected chi connectivity index (χ1v) is 16.1. The third kappa shape index (κ3) is 36.9. The minimum absolute atomic E-state index is 1.02. The van der Waals surface area contributed by atoms with E-state index >= 15 is 0 Å². The molecule has 3 rings (SSSR count). The van der Waals surface area contributed by atoms with Crippen molar-refractivity contribution in [3.8, 4) is 0 Å². The molecular formula is C36H31N2O10PW2. The molecule has 0 aliphatic heterocycles. The van der Waals surface area contributed by atoms with Gasteiger partial charge in [-0.3, -0.25) is 0 Å². The molecule has 0 aromatic heterocycles. The molecule has 2 N–H and O–H groups in total. The van der Waals surface area contributed by atoms with Crippen LogP contribution in [0.2, 0.25) is 0 Å². The number of aryl methyl sites for hydroxylation is 2. The van der Waals surface area contributed by atoms with Crippen LogP contribution in [0.5, 0.6) is 0 Å². The van der Waals surface area contributed by atoms with Crippen LogP contribution < -0.4 is 10.2 Å². The monoisotopic (exact) mass is 1050 g/mol. The van der Waals surface area contributed by atoms with Crippen LogP contribution >= 0.6 is 8.88 Å². The maximum atomic E-state index is 7.50. The number of hydrogen-bond donors (Lipinski definition) is 2. The van der Waals surface area contributed by atoms with Crippen molar-refractivity contribution in [3.05, 3.63) is 167 Å². The molecule has 1 aliphatic rings. The second-order valence-corrected chi connectivity index (χ2v) is 11.5. The number of rotatable bonds is 6. The average Bonchev–Trinajstić information content (AvgIpc) is 3.40. The van der Waals surface area contributed by atoms with Gasteiger partial charge in [0.05, 0.1) is 0 Å². The van der Waals surface area contributed by atoms with Gasteiger partial charge < -0.3 is 0 Å². The summed E-state index contributed by atoms with van der Waals surface area (Å²) >= 11 is 2.90. The summed E-state index contributed by atoms with van der Waals surface area (Å²) in [4.78, 5) is 0. The SMILES string of the molecule is C[C]1[C](C)[C](C)[C](C)[C]1C.Cc1ccc([C](=[W])N[P]N[C](=[W])c2ccc(C)cc2)cc1.[C-]#[O+].[C-]#[O+].[C-]#[O+].[C-]#[O+].[C-]#[O+].[C-]#[O+].[C-]#[O+].[C-]#[O+].[C-]#[O+].[C-]#[O+]. The topological polar surface area (TPSA) is 223 Å². The zero-order valence-corrected chi connectivity index (χ0v) is 35.2. The van der Waals surface area contributed by atoms with E-state index < -0.39 is 0 Å². The number of hydrogen-bond acceptors (Lipinski definition) is 2. The van der Waals surface area contributed by atoms with E-state index in [1.54, 1.807) is 0 Å². The van der Waals surface area contributed by atoms with Gasteiger partial charge in [-0.1, -0.05) is 34.6 Å². The Morgan fingerprint density at radius 2 is 0.529 bits per heavy atom. The molecule has 0 amide bonds. The average molecular weight is 1050 g/mol. The van der Waals surface area contributed by atoms with Crippen LogP contribution in [0.4, 0.5) is 0 Å². The molecule has 2 aromatic carbocycles. The molecule has 2 aromatic rings. The van der Waals surface area contributed by atoms with E-state index in [4.69, 9.17) is 46.5 Å². The van der Waals surface area contributed by atoms with Crippen LogP contribution in [-0.2, 0) is 85.2 Å². The van der Waals surface area contributed by atoms with Crippen molar-refractivity contribution in [3.63, 3.8) is 0 Å². The second kappa shape index (κ2) is 59.5. The fraction of sp³-hybridized carbons (Fsp3) is 0.194. The first-order valence-electron chi connectivity index (χ1n) is 12.3. The first-order chi connectivity index (χ1) is 24.6. The van der Waals surface area contributed by atoms with Gasteiger partial charge >= 0.3 is 263 Å². The van der Waals surface area contributed by atoms with E-state index in [1.807, 2.05) is 0 Å². The summed E-state index contributed by atoms with van der Waals surface area (Å²) in [7, 11) is 1.02. The number of nitrogens with one attached hydrogen (secondary N) is 2. The number of benzene rings is 2. The van der Waals surface area contributed by atoms with Gasteiger partial charge in [0.1, 0.15) is 0 Å². The molecule has 0 saturated heterocycles. The van der Waals surface area contributed by atoms with Crippen molar-refractivity contribution in [2.75, 3.05) is 0 Å². The fourth-order valence-corrected chi connectivity index (χ4v) is 5.55. The van der Waals surface area contributed by atoms with E-state index in [1.165, 1.54) is 98.6 Å². The molecule has 1 saturated carbocycles. The molecule has 6 radical (unpaired) electrons. The Balaban J connectivity index is -0.0000000709. The predicted molar refractivity (Wildman–Crippen MR) is 168 cm³/mol. The Morgan fingerprint density at radius 1 is 0.373 bits per heavy atom. The summed E-state index contributed by atoms with van der Waals surface area (Å²) in [5.74, 6) is 7.34. The summed E-state index contributed by atoms with van der Waals surface area (Å²) in [5.41, 5.74) is 5.13. The van der Waals surface area contributed by atoms with Crippen molar-refractivity contribution >= 4 is 16.9 Å². The van der Waals surface area contributed by atoms with Crippen LogP contribution in [0.25, 0.3) is 0 Å². The van der Waals surface area contributed by atoms with Gasteiger partial charge in [-0.2, -0.15) is 0 Å². The van der Waals surface area contributed by atoms with Gasteiger partial charge in [0.15, 0.2) is 0 Å². The molecular weight excluding hydrogens is 1020 g/mol. The molecule has 1 aliphatic carbocycles. The van der Waals surface area contributed by atoms with Crippen molar-refractivity contribution in [1.82, 2.24) is 10.2 Å². The van der Waals surface area contributed by atoms with E-state index in [0.717, 1.165) is 8.88 Å². The second-order valence-electron chi connectivity index (χ2n) is 7.85. The van der Waals surface area contributed by atoms with Crippen LogP contribution in [0.1, 0.15) is 56.9 Å². The Bertz CT molecular complexity index is 1130. The van der Waals surface area contributed by atoms with Gasteiger partial charge in [0, 0.05) is 0 Å². The molecule has 262 valence electrons. The molecule has 15 heteroatoms. The van der Waals surface area contributed by atoms with E-state index in [0.29, 0.717) is 0 Å².